The van der Waals surface area contributed by atoms with Crippen molar-refractivity contribution in [2.45, 2.75) is 26.7 Å². The minimum Gasteiger partial charge on any atom is -0.384 e. The van der Waals surface area contributed by atoms with E-state index in [9.17, 15) is 4.79 Å². The van der Waals surface area contributed by atoms with Gasteiger partial charge in [0.2, 0.25) is 0 Å². The molecule has 0 bridgehead atoms. The Labute approximate surface area is 96.3 Å². The Morgan fingerprint density at radius 2 is 2.19 bits per heavy atom. The molecule has 3 N–H and O–H groups in total. The summed E-state index contributed by atoms with van der Waals surface area (Å²) in [7, 11) is 0. The maximum atomic E-state index is 11.1. The summed E-state index contributed by atoms with van der Waals surface area (Å²) in [5.41, 5.74) is 6.49. The summed E-state index contributed by atoms with van der Waals surface area (Å²) >= 11 is 0. The van der Waals surface area contributed by atoms with E-state index in [1.165, 1.54) is 6.20 Å². The molecule has 16 heavy (non-hydrogen) atoms. The van der Waals surface area contributed by atoms with Crippen LogP contribution in [0.5, 0.6) is 0 Å². The molecule has 1 aromatic rings. The van der Waals surface area contributed by atoms with Gasteiger partial charge in [-0.1, -0.05) is 26.7 Å². The van der Waals surface area contributed by atoms with E-state index in [4.69, 9.17) is 5.73 Å². The Morgan fingerprint density at radius 1 is 1.50 bits per heavy atom. The number of primary amides is 1. The molecular formula is C12H19N3O. The smallest absolute Gasteiger partial charge is 0.252 e. The normalized spacial score (nSPS) is 10.4. The van der Waals surface area contributed by atoms with Crippen molar-refractivity contribution < 1.29 is 4.79 Å². The van der Waals surface area contributed by atoms with Gasteiger partial charge in [0.15, 0.2) is 0 Å². The molecular weight excluding hydrogens is 202 g/mol. The second kappa shape index (κ2) is 6.10. The Balaban J connectivity index is 2.69. The van der Waals surface area contributed by atoms with Crippen LogP contribution in [0.15, 0.2) is 18.5 Å². The van der Waals surface area contributed by atoms with Crippen molar-refractivity contribution in [2.24, 2.45) is 11.7 Å². The molecule has 88 valence electrons. The van der Waals surface area contributed by atoms with Gasteiger partial charge in [-0.25, -0.2) is 0 Å². The van der Waals surface area contributed by atoms with Crippen molar-refractivity contribution in [3.8, 4) is 0 Å². The van der Waals surface area contributed by atoms with Gasteiger partial charge in [0.1, 0.15) is 0 Å². The van der Waals surface area contributed by atoms with Crippen LogP contribution in [0, 0.1) is 5.92 Å². The number of hydrogen-bond donors (Lipinski definition) is 2. The van der Waals surface area contributed by atoms with Crippen molar-refractivity contribution in [3.05, 3.63) is 24.0 Å². The van der Waals surface area contributed by atoms with Crippen LogP contribution in [0.3, 0.4) is 0 Å². The van der Waals surface area contributed by atoms with Crippen LogP contribution in [0.1, 0.15) is 37.0 Å². The van der Waals surface area contributed by atoms with E-state index in [0.717, 1.165) is 25.1 Å². The van der Waals surface area contributed by atoms with Crippen LogP contribution in [0.25, 0.3) is 0 Å². The van der Waals surface area contributed by atoms with E-state index in [0.29, 0.717) is 11.5 Å². The fraction of sp³-hybridized carbons (Fsp3) is 0.500. The number of rotatable bonds is 6. The number of pyridine rings is 1. The van der Waals surface area contributed by atoms with E-state index >= 15 is 0 Å². The van der Waals surface area contributed by atoms with Crippen LogP contribution < -0.4 is 11.1 Å². The number of aromatic nitrogens is 1. The molecule has 0 spiro atoms. The summed E-state index contributed by atoms with van der Waals surface area (Å²) < 4.78 is 0. The molecule has 1 rings (SSSR count). The topological polar surface area (TPSA) is 68.0 Å². The molecule has 0 aliphatic heterocycles. The minimum atomic E-state index is -0.444. The molecule has 0 aliphatic carbocycles. The zero-order valence-electron chi connectivity index (χ0n) is 9.86. The molecule has 1 aromatic heterocycles. The first-order valence-electron chi connectivity index (χ1n) is 5.66. The molecule has 4 nitrogen and oxygen atoms in total. The standard InChI is InChI=1S/C12H19N3O/c1-3-9(4-2)7-15-11-5-6-14-8-10(11)12(13)16/h5-6,8-9H,3-4,7H2,1-2H3,(H2,13,16)(H,14,15). The molecule has 0 atom stereocenters. The first kappa shape index (κ1) is 12.5. The zero-order valence-corrected chi connectivity index (χ0v) is 9.86. The van der Waals surface area contributed by atoms with E-state index < -0.39 is 5.91 Å². The van der Waals surface area contributed by atoms with Gasteiger partial charge < -0.3 is 11.1 Å². The average molecular weight is 221 g/mol. The van der Waals surface area contributed by atoms with E-state index in [1.54, 1.807) is 12.3 Å². The van der Waals surface area contributed by atoms with Gasteiger partial charge in [-0.05, 0) is 12.0 Å². The molecule has 1 heterocycles. The van der Waals surface area contributed by atoms with Crippen molar-refractivity contribution >= 4 is 11.6 Å². The maximum absolute atomic E-state index is 11.1. The lowest BCUT2D eigenvalue weighted by molar-refractivity contribution is 0.100. The first-order chi connectivity index (χ1) is 7.69. The Morgan fingerprint density at radius 3 is 2.75 bits per heavy atom. The van der Waals surface area contributed by atoms with E-state index in [2.05, 4.69) is 24.1 Å². The highest BCUT2D eigenvalue weighted by Crippen LogP contribution is 2.15. The van der Waals surface area contributed by atoms with Crippen LogP contribution in [-0.4, -0.2) is 17.4 Å². The second-order valence-corrected chi connectivity index (χ2v) is 3.85. The third-order valence-electron chi connectivity index (χ3n) is 2.82. The molecule has 0 aromatic carbocycles. The molecule has 1 amide bonds. The van der Waals surface area contributed by atoms with E-state index in [1.807, 2.05) is 0 Å². The quantitative estimate of drug-likeness (QED) is 0.772. The first-order valence-corrected chi connectivity index (χ1v) is 5.66. The lowest BCUT2D eigenvalue weighted by Crippen LogP contribution is -2.18. The summed E-state index contributed by atoms with van der Waals surface area (Å²) in [4.78, 5) is 15.0. The highest BCUT2D eigenvalue weighted by atomic mass is 16.1. The third-order valence-corrected chi connectivity index (χ3v) is 2.82. The van der Waals surface area contributed by atoms with Crippen molar-refractivity contribution in [2.75, 3.05) is 11.9 Å². The van der Waals surface area contributed by atoms with Gasteiger partial charge >= 0.3 is 0 Å². The minimum absolute atomic E-state index is 0.444. The zero-order chi connectivity index (χ0) is 12.0. The Bertz CT molecular complexity index is 348. The van der Waals surface area contributed by atoms with Crippen molar-refractivity contribution in [1.29, 1.82) is 0 Å². The summed E-state index contributed by atoms with van der Waals surface area (Å²) in [6, 6.07) is 1.78. The van der Waals surface area contributed by atoms with Crippen LogP contribution >= 0.6 is 0 Å². The predicted octanol–water partition coefficient (Wildman–Crippen LogP) is 2.03. The molecule has 0 fully saturated rings. The molecule has 0 saturated heterocycles. The molecule has 0 aliphatic rings. The van der Waals surface area contributed by atoms with Gasteiger partial charge in [-0.3, -0.25) is 9.78 Å². The number of nitrogens with two attached hydrogens (primary N) is 1. The monoisotopic (exact) mass is 221 g/mol. The highest BCUT2D eigenvalue weighted by Gasteiger charge is 2.09. The average Bonchev–Trinajstić information content (AvgIpc) is 2.30. The Hall–Kier alpha value is -1.58. The lowest BCUT2D eigenvalue weighted by Gasteiger charge is -2.15. The van der Waals surface area contributed by atoms with Crippen LogP contribution in [-0.2, 0) is 0 Å². The number of carbonyl (C=O) groups excluding carboxylic acids is 1. The van der Waals surface area contributed by atoms with Crippen molar-refractivity contribution in [3.63, 3.8) is 0 Å². The summed E-state index contributed by atoms with van der Waals surface area (Å²) in [6.07, 6.45) is 5.40. The fourth-order valence-electron chi connectivity index (χ4n) is 1.58. The maximum Gasteiger partial charge on any atom is 0.252 e. The largest absolute Gasteiger partial charge is 0.384 e. The second-order valence-electron chi connectivity index (χ2n) is 3.85. The van der Waals surface area contributed by atoms with Gasteiger partial charge in [0, 0.05) is 18.9 Å². The lowest BCUT2D eigenvalue weighted by atomic mass is 10.0. The van der Waals surface area contributed by atoms with E-state index in [-0.39, 0.29) is 0 Å². The number of hydrogen-bond acceptors (Lipinski definition) is 3. The van der Waals surface area contributed by atoms with Gasteiger partial charge in [-0.15, -0.1) is 0 Å². The number of amides is 1. The number of nitrogens with zero attached hydrogens (tertiary/aromatic N) is 1. The van der Waals surface area contributed by atoms with Crippen LogP contribution in [0.4, 0.5) is 5.69 Å². The third kappa shape index (κ3) is 3.22. The summed E-state index contributed by atoms with van der Waals surface area (Å²) in [5.74, 6) is 0.175. The predicted molar refractivity (Wildman–Crippen MR) is 65.3 cm³/mol. The highest BCUT2D eigenvalue weighted by molar-refractivity contribution is 5.98. The van der Waals surface area contributed by atoms with Gasteiger partial charge in [0.05, 0.1) is 11.3 Å². The molecule has 0 saturated carbocycles. The molecule has 4 heteroatoms. The van der Waals surface area contributed by atoms with Gasteiger partial charge in [0.25, 0.3) is 5.91 Å². The van der Waals surface area contributed by atoms with Crippen LogP contribution in [0.2, 0.25) is 0 Å². The number of carbonyl (C=O) groups is 1. The SMILES string of the molecule is CCC(CC)CNc1ccncc1C(N)=O. The molecule has 0 radical (unpaired) electrons. The van der Waals surface area contributed by atoms with Crippen molar-refractivity contribution in [1.82, 2.24) is 4.98 Å². The Kier molecular flexibility index (Phi) is 4.76. The fourth-order valence-corrected chi connectivity index (χ4v) is 1.58. The van der Waals surface area contributed by atoms with Gasteiger partial charge in [-0.2, -0.15) is 0 Å². The number of anilines is 1. The number of nitrogens with one attached hydrogen (secondary N) is 1. The summed E-state index contributed by atoms with van der Waals surface area (Å²) in [5, 5.41) is 3.26. The summed E-state index contributed by atoms with van der Waals surface area (Å²) in [6.45, 7) is 5.19. The molecule has 0 unspecified atom stereocenters.